The number of fused-ring (bicyclic) bond motifs is 1. The Labute approximate surface area is 232 Å². The standard InChI is InChI=1S/C29H31F3N4O3S/c1-3-22(10-9-21(2)29(30,31)32)20-35-16-18-36(19-17-35)28(37)24-11-13-25(14-12-24)34-40(38,39)26-8-4-6-23-7-5-15-33-27(23)26/h1,4-7,9,11-15,22,26,34H,8,10,16-20H2,2H3/b21-9+. The smallest absolute Gasteiger partial charge is 0.336 e. The molecule has 2 atom stereocenters. The second-order valence-corrected chi connectivity index (χ2v) is 11.8. The van der Waals surface area contributed by atoms with E-state index in [1.807, 2.05) is 18.2 Å². The Morgan fingerprint density at radius 2 is 1.90 bits per heavy atom. The molecule has 0 radical (unpaired) electrons. The number of rotatable bonds is 8. The number of alkyl halides is 3. The Morgan fingerprint density at radius 1 is 1.20 bits per heavy atom. The van der Waals surface area contributed by atoms with Crippen molar-refractivity contribution < 1.29 is 26.4 Å². The van der Waals surface area contributed by atoms with Gasteiger partial charge >= 0.3 is 6.18 Å². The van der Waals surface area contributed by atoms with Crippen LogP contribution in [0.25, 0.3) is 6.08 Å². The van der Waals surface area contributed by atoms with Gasteiger partial charge in [-0.15, -0.1) is 12.3 Å². The van der Waals surface area contributed by atoms with Gasteiger partial charge in [-0.2, -0.15) is 13.2 Å². The Balaban J connectivity index is 1.30. The van der Waals surface area contributed by atoms with Crippen LogP contribution in [0, 0.1) is 18.3 Å². The minimum Gasteiger partial charge on any atom is -0.336 e. The molecule has 2 unspecified atom stereocenters. The van der Waals surface area contributed by atoms with Crippen LogP contribution < -0.4 is 4.72 Å². The number of piperazine rings is 1. The van der Waals surface area contributed by atoms with Crippen LogP contribution in [0.4, 0.5) is 18.9 Å². The molecule has 2 aliphatic rings. The van der Waals surface area contributed by atoms with Gasteiger partial charge in [-0.05, 0) is 55.7 Å². The van der Waals surface area contributed by atoms with E-state index >= 15 is 0 Å². The first-order chi connectivity index (χ1) is 19.0. The van der Waals surface area contributed by atoms with Crippen molar-refractivity contribution in [1.82, 2.24) is 14.8 Å². The molecule has 0 saturated carbocycles. The Kier molecular flexibility index (Phi) is 9.01. The van der Waals surface area contributed by atoms with E-state index in [0.29, 0.717) is 56.1 Å². The van der Waals surface area contributed by atoms with Gasteiger partial charge in [0.15, 0.2) is 0 Å². The first-order valence-electron chi connectivity index (χ1n) is 12.9. The maximum atomic E-state index is 13.1. The lowest BCUT2D eigenvalue weighted by Crippen LogP contribution is -2.49. The number of terminal acetylenes is 1. The van der Waals surface area contributed by atoms with Crippen LogP contribution in [0.3, 0.4) is 0 Å². The van der Waals surface area contributed by atoms with Gasteiger partial charge in [0.1, 0.15) is 5.25 Å². The molecule has 1 aromatic heterocycles. The normalized spacial score (nSPS) is 19.0. The largest absolute Gasteiger partial charge is 0.412 e. The first-order valence-corrected chi connectivity index (χ1v) is 14.5. The van der Waals surface area contributed by atoms with E-state index in [9.17, 15) is 26.4 Å². The molecular formula is C29H31F3N4O3S. The van der Waals surface area contributed by atoms with Gasteiger partial charge in [0.25, 0.3) is 5.91 Å². The van der Waals surface area contributed by atoms with Crippen LogP contribution in [0.5, 0.6) is 0 Å². The lowest BCUT2D eigenvalue weighted by Gasteiger charge is -2.35. The summed E-state index contributed by atoms with van der Waals surface area (Å²) in [6.07, 6.45) is 8.03. The number of amides is 1. The molecule has 1 N–H and O–H groups in total. The molecule has 2 aromatic rings. The van der Waals surface area contributed by atoms with Crippen molar-refractivity contribution in [2.24, 2.45) is 5.92 Å². The summed E-state index contributed by atoms with van der Waals surface area (Å²) in [7, 11) is -3.78. The number of hydrogen-bond acceptors (Lipinski definition) is 5. The number of anilines is 1. The molecule has 0 spiro atoms. The molecule has 1 saturated heterocycles. The number of sulfonamides is 1. The second-order valence-electron chi connectivity index (χ2n) is 9.91. The number of allylic oxidation sites excluding steroid dienone is 3. The average Bonchev–Trinajstić information content (AvgIpc) is 2.94. The van der Waals surface area contributed by atoms with Gasteiger partial charge in [-0.25, -0.2) is 8.42 Å². The Bertz CT molecular complexity index is 1420. The van der Waals surface area contributed by atoms with Gasteiger partial charge < -0.3 is 4.90 Å². The van der Waals surface area contributed by atoms with E-state index in [4.69, 9.17) is 6.42 Å². The molecule has 1 fully saturated rings. The molecule has 1 aliphatic carbocycles. The van der Waals surface area contributed by atoms with E-state index < -0.39 is 27.0 Å². The predicted octanol–water partition coefficient (Wildman–Crippen LogP) is 4.89. The topological polar surface area (TPSA) is 82.6 Å². The van der Waals surface area contributed by atoms with E-state index in [2.05, 4.69) is 20.5 Å². The molecule has 11 heteroatoms. The minimum atomic E-state index is -4.36. The number of hydrogen-bond donors (Lipinski definition) is 1. The van der Waals surface area contributed by atoms with E-state index in [0.717, 1.165) is 18.6 Å². The molecule has 212 valence electrons. The monoisotopic (exact) mass is 572 g/mol. The molecule has 1 aromatic carbocycles. The third-order valence-corrected chi connectivity index (χ3v) is 8.80. The number of nitrogens with zero attached hydrogens (tertiary/aromatic N) is 3. The third kappa shape index (κ3) is 7.11. The highest BCUT2D eigenvalue weighted by Crippen LogP contribution is 2.33. The van der Waals surface area contributed by atoms with Gasteiger partial charge in [-0.1, -0.05) is 24.3 Å². The molecule has 4 rings (SSSR count). The summed E-state index contributed by atoms with van der Waals surface area (Å²) < 4.78 is 67.0. The molecule has 2 heterocycles. The van der Waals surface area contributed by atoms with Crippen LogP contribution in [0.1, 0.15) is 46.6 Å². The van der Waals surface area contributed by atoms with Crippen molar-refractivity contribution in [3.8, 4) is 12.3 Å². The minimum absolute atomic E-state index is 0.136. The van der Waals surface area contributed by atoms with Crippen molar-refractivity contribution in [1.29, 1.82) is 0 Å². The summed E-state index contributed by atoms with van der Waals surface area (Å²) in [5.41, 5.74) is 1.40. The van der Waals surface area contributed by atoms with Gasteiger partial charge in [0, 0.05) is 61.7 Å². The Morgan fingerprint density at radius 3 is 2.55 bits per heavy atom. The number of carbonyl (C=O) groups excluding carboxylic acids is 1. The van der Waals surface area contributed by atoms with Crippen LogP contribution in [-0.2, 0) is 10.0 Å². The summed E-state index contributed by atoms with van der Waals surface area (Å²) in [6.45, 7) is 3.48. The number of halogens is 3. The van der Waals surface area contributed by atoms with E-state index in [1.165, 1.54) is 0 Å². The fraction of sp³-hybridized carbons (Fsp3) is 0.379. The van der Waals surface area contributed by atoms with Crippen molar-refractivity contribution in [2.45, 2.75) is 31.2 Å². The molecule has 0 bridgehead atoms. The van der Waals surface area contributed by atoms with Crippen molar-refractivity contribution in [3.63, 3.8) is 0 Å². The molecular weight excluding hydrogens is 541 g/mol. The number of benzene rings is 1. The lowest BCUT2D eigenvalue weighted by molar-refractivity contribution is -0.0916. The quantitative estimate of drug-likeness (QED) is 0.360. The summed E-state index contributed by atoms with van der Waals surface area (Å²) in [5, 5.41) is -0.815. The first kappa shape index (κ1) is 29.4. The SMILES string of the molecule is C#CC(C/C=C(\C)C(F)(F)F)CN1CCN(C(=O)c2ccc(NS(=O)(=O)C3CC=Cc4cccnc43)cc2)CC1. The van der Waals surface area contributed by atoms with Gasteiger partial charge in [0.2, 0.25) is 10.0 Å². The zero-order valence-electron chi connectivity index (χ0n) is 22.1. The predicted molar refractivity (Wildman–Crippen MR) is 149 cm³/mol. The summed E-state index contributed by atoms with van der Waals surface area (Å²) in [6, 6.07) is 9.88. The maximum absolute atomic E-state index is 13.1. The number of nitrogens with one attached hydrogen (secondary N) is 1. The lowest BCUT2D eigenvalue weighted by atomic mass is 10.0. The summed E-state index contributed by atoms with van der Waals surface area (Å²) >= 11 is 0. The highest BCUT2D eigenvalue weighted by Gasteiger charge is 2.32. The molecule has 40 heavy (non-hydrogen) atoms. The fourth-order valence-electron chi connectivity index (χ4n) is 4.72. The van der Waals surface area contributed by atoms with E-state index in [-0.39, 0.29) is 18.2 Å². The molecule has 1 amide bonds. The van der Waals surface area contributed by atoms with Crippen molar-refractivity contribution in [3.05, 3.63) is 77.1 Å². The number of carbonyl (C=O) groups is 1. The van der Waals surface area contributed by atoms with Crippen LogP contribution in [0.15, 0.2) is 60.3 Å². The fourth-order valence-corrected chi connectivity index (χ4v) is 6.18. The summed E-state index contributed by atoms with van der Waals surface area (Å²) in [5.74, 6) is 2.04. The van der Waals surface area contributed by atoms with E-state index in [1.54, 1.807) is 41.4 Å². The zero-order chi connectivity index (χ0) is 28.9. The van der Waals surface area contributed by atoms with Crippen LogP contribution in [0.2, 0.25) is 0 Å². The van der Waals surface area contributed by atoms with Crippen molar-refractivity contribution in [2.75, 3.05) is 37.4 Å². The summed E-state index contributed by atoms with van der Waals surface area (Å²) in [4.78, 5) is 21.1. The number of aromatic nitrogens is 1. The zero-order valence-corrected chi connectivity index (χ0v) is 22.9. The van der Waals surface area contributed by atoms with Gasteiger partial charge in [0.05, 0.1) is 5.69 Å². The highest BCUT2D eigenvalue weighted by atomic mass is 32.2. The molecule has 7 nitrogen and oxygen atoms in total. The van der Waals surface area contributed by atoms with Crippen LogP contribution in [-0.4, -0.2) is 68.0 Å². The Hall–Kier alpha value is -3.62. The average molecular weight is 573 g/mol. The van der Waals surface area contributed by atoms with Gasteiger partial charge in [-0.3, -0.25) is 19.4 Å². The van der Waals surface area contributed by atoms with Crippen LogP contribution >= 0.6 is 0 Å². The number of pyridine rings is 1. The molecule has 1 aliphatic heterocycles. The third-order valence-electron chi connectivity index (χ3n) is 7.12. The second kappa shape index (κ2) is 12.3. The maximum Gasteiger partial charge on any atom is 0.412 e. The highest BCUT2D eigenvalue weighted by molar-refractivity contribution is 7.93. The van der Waals surface area contributed by atoms with Crippen molar-refractivity contribution >= 4 is 27.7 Å².